The Labute approximate surface area is 339 Å². The van der Waals surface area contributed by atoms with Crippen molar-refractivity contribution in [1.82, 2.24) is 0 Å². The van der Waals surface area contributed by atoms with Gasteiger partial charge in [0.1, 0.15) is 0 Å². The molecular weight excluding hydrogens is 701 g/mol. The van der Waals surface area contributed by atoms with Gasteiger partial charge in [-0.1, -0.05) is 149 Å². The third-order valence-electron chi connectivity index (χ3n) is 13.5. The maximum absolute atomic E-state index is 2.47. The molecule has 0 fully saturated rings. The van der Waals surface area contributed by atoms with Crippen molar-refractivity contribution in [3.8, 4) is 0 Å². The summed E-state index contributed by atoms with van der Waals surface area (Å²) < 4.78 is 0. The summed E-state index contributed by atoms with van der Waals surface area (Å²) in [4.78, 5) is 4.94. The van der Waals surface area contributed by atoms with Crippen molar-refractivity contribution < 1.29 is 0 Å². The van der Waals surface area contributed by atoms with Gasteiger partial charge in [0.15, 0.2) is 0 Å². The Kier molecular flexibility index (Phi) is 6.78. The van der Waals surface area contributed by atoms with Gasteiger partial charge in [-0.2, -0.15) is 0 Å². The molecule has 0 atom stereocenters. The maximum atomic E-state index is 2.47. The Balaban J connectivity index is 1.09. The second kappa shape index (κ2) is 11.8. The van der Waals surface area contributed by atoms with Crippen molar-refractivity contribution >= 4 is 88.0 Å². The predicted octanol–water partition coefficient (Wildman–Crippen LogP) is 15.7. The number of rotatable bonds is 6. The van der Waals surface area contributed by atoms with Crippen LogP contribution in [-0.2, 0) is 10.8 Å². The second-order valence-corrected chi connectivity index (χ2v) is 17.4. The summed E-state index contributed by atoms with van der Waals surface area (Å²) in [6.07, 6.45) is 0. The minimum Gasteiger partial charge on any atom is -0.310 e. The summed E-state index contributed by atoms with van der Waals surface area (Å²) in [6.45, 7) is 9.54. The lowest BCUT2D eigenvalue weighted by Crippen LogP contribution is -2.17. The van der Waals surface area contributed by atoms with Gasteiger partial charge in [0.25, 0.3) is 0 Å². The van der Waals surface area contributed by atoms with Crippen LogP contribution in [0.25, 0.3) is 53.9 Å². The molecule has 0 amide bonds. The van der Waals surface area contributed by atoms with Crippen molar-refractivity contribution in [3.05, 3.63) is 204 Å². The Hall–Kier alpha value is -6.90. The average Bonchev–Trinajstić information content (AvgIpc) is 3.64. The van der Waals surface area contributed by atoms with Crippen LogP contribution in [0.3, 0.4) is 0 Å². The highest BCUT2D eigenvalue weighted by Crippen LogP contribution is 2.54. The summed E-state index contributed by atoms with van der Waals surface area (Å²) in [5, 5.41) is 13.2. The van der Waals surface area contributed by atoms with Crippen LogP contribution in [0.1, 0.15) is 49.9 Å². The quantitative estimate of drug-likeness (QED) is 0.157. The van der Waals surface area contributed by atoms with Crippen LogP contribution in [0, 0.1) is 0 Å². The third kappa shape index (κ3) is 4.49. The van der Waals surface area contributed by atoms with Gasteiger partial charge in [0.05, 0.1) is 11.4 Å². The highest BCUT2D eigenvalue weighted by Gasteiger charge is 2.36. The molecule has 0 radical (unpaired) electrons. The zero-order chi connectivity index (χ0) is 38.9. The lowest BCUT2D eigenvalue weighted by atomic mass is 9.81. The van der Waals surface area contributed by atoms with Gasteiger partial charge in [-0.3, -0.25) is 0 Å². The molecule has 0 unspecified atom stereocenters. The number of nitrogens with zero attached hydrogens (tertiary/aromatic N) is 2. The Morgan fingerprint density at radius 3 is 1.10 bits per heavy atom. The van der Waals surface area contributed by atoms with Crippen molar-refractivity contribution in [1.29, 1.82) is 0 Å². The van der Waals surface area contributed by atoms with E-state index in [1.165, 1.54) is 76.1 Å². The van der Waals surface area contributed by atoms with E-state index in [0.717, 1.165) is 34.1 Å². The first-order valence-electron chi connectivity index (χ1n) is 20.5. The van der Waals surface area contributed by atoms with Crippen LogP contribution < -0.4 is 9.80 Å². The summed E-state index contributed by atoms with van der Waals surface area (Å²) in [6, 6.07) is 68.0. The average molecular weight is 743 g/mol. The topological polar surface area (TPSA) is 6.48 Å². The molecule has 276 valence electrons. The van der Waals surface area contributed by atoms with Gasteiger partial charge >= 0.3 is 0 Å². The molecule has 2 aliphatic carbocycles. The summed E-state index contributed by atoms with van der Waals surface area (Å²) in [5.41, 5.74) is 12.2. The summed E-state index contributed by atoms with van der Waals surface area (Å²) in [7, 11) is 0. The SMILES string of the molecule is CC1(C)c2cccc3ccc4cc(N(c5ccccc5)c5ccc(N(c6ccccc6)c6cc7c8c(ccc9cccc(c98)C7(C)C)c6)c6ccccc56)cc1c4c23. The van der Waals surface area contributed by atoms with Crippen molar-refractivity contribution in [3.63, 3.8) is 0 Å². The van der Waals surface area contributed by atoms with Crippen LogP contribution >= 0.6 is 0 Å². The first-order chi connectivity index (χ1) is 28.3. The monoisotopic (exact) mass is 742 g/mol. The fourth-order valence-corrected chi connectivity index (χ4v) is 10.7. The van der Waals surface area contributed by atoms with E-state index >= 15 is 0 Å². The van der Waals surface area contributed by atoms with E-state index in [1.54, 1.807) is 0 Å². The van der Waals surface area contributed by atoms with Gasteiger partial charge in [-0.15, -0.1) is 0 Å². The van der Waals surface area contributed by atoms with Crippen LogP contribution in [0.5, 0.6) is 0 Å². The molecule has 0 aliphatic heterocycles. The molecule has 10 aromatic rings. The van der Waals surface area contributed by atoms with E-state index in [4.69, 9.17) is 0 Å². The van der Waals surface area contributed by atoms with E-state index < -0.39 is 0 Å². The highest BCUT2D eigenvalue weighted by atomic mass is 15.2. The number of para-hydroxylation sites is 2. The molecule has 0 bridgehead atoms. The molecule has 0 saturated carbocycles. The Morgan fingerprint density at radius 1 is 0.293 bits per heavy atom. The van der Waals surface area contributed by atoms with Gasteiger partial charge in [-0.05, 0) is 126 Å². The molecule has 2 aliphatic rings. The number of hydrogen-bond acceptors (Lipinski definition) is 2. The van der Waals surface area contributed by atoms with Gasteiger partial charge < -0.3 is 9.80 Å². The Bertz CT molecular complexity index is 3120. The van der Waals surface area contributed by atoms with Crippen LogP contribution in [-0.4, -0.2) is 0 Å². The molecule has 2 heteroatoms. The standard InChI is InChI=1S/C56H42N2/c1-55(2)45-23-13-15-35-25-27-37-31-41(33-47(55)53(37)51(35)45)57(39-17-7-5-8-18-39)49-29-30-50(44-22-12-11-21-43(44)49)58(40-19-9-6-10-20-40)42-32-38-28-26-36-16-14-24-46-52(36)54(38)48(34-42)56(46,3)4/h5-34H,1-4H3. The normalized spacial score (nSPS) is 14.5. The maximum Gasteiger partial charge on any atom is 0.0541 e. The van der Waals surface area contributed by atoms with Crippen molar-refractivity contribution in [2.45, 2.75) is 38.5 Å². The minimum atomic E-state index is -0.121. The smallest absolute Gasteiger partial charge is 0.0541 e. The van der Waals surface area contributed by atoms with E-state index in [-0.39, 0.29) is 10.8 Å². The van der Waals surface area contributed by atoms with Crippen LogP contribution in [0.4, 0.5) is 34.1 Å². The zero-order valence-corrected chi connectivity index (χ0v) is 33.2. The lowest BCUT2D eigenvalue weighted by Gasteiger charge is -2.32. The molecule has 0 spiro atoms. The summed E-state index contributed by atoms with van der Waals surface area (Å²) >= 11 is 0. The molecular formula is C56H42N2. The Morgan fingerprint density at radius 2 is 0.672 bits per heavy atom. The highest BCUT2D eigenvalue weighted by molar-refractivity contribution is 6.18. The van der Waals surface area contributed by atoms with Gasteiger partial charge in [0.2, 0.25) is 0 Å². The van der Waals surface area contributed by atoms with E-state index in [2.05, 4.69) is 219 Å². The molecule has 10 aromatic carbocycles. The molecule has 0 heterocycles. The third-order valence-corrected chi connectivity index (χ3v) is 13.5. The summed E-state index contributed by atoms with van der Waals surface area (Å²) in [5.74, 6) is 0. The molecule has 12 rings (SSSR count). The lowest BCUT2D eigenvalue weighted by molar-refractivity contribution is 0.662. The predicted molar refractivity (Wildman–Crippen MR) is 248 cm³/mol. The molecule has 58 heavy (non-hydrogen) atoms. The van der Waals surface area contributed by atoms with Crippen molar-refractivity contribution in [2.24, 2.45) is 0 Å². The number of hydrogen-bond donors (Lipinski definition) is 0. The molecule has 2 nitrogen and oxygen atoms in total. The second-order valence-electron chi connectivity index (χ2n) is 17.4. The van der Waals surface area contributed by atoms with E-state index in [9.17, 15) is 0 Å². The van der Waals surface area contributed by atoms with Gasteiger partial charge in [-0.25, -0.2) is 0 Å². The van der Waals surface area contributed by atoms with Crippen LogP contribution in [0.2, 0.25) is 0 Å². The fourth-order valence-electron chi connectivity index (χ4n) is 10.7. The molecule has 0 saturated heterocycles. The number of benzene rings is 10. The molecule has 0 N–H and O–H groups in total. The number of fused-ring (bicyclic) bond motifs is 1. The number of anilines is 6. The van der Waals surface area contributed by atoms with Crippen LogP contribution in [0.15, 0.2) is 182 Å². The minimum absolute atomic E-state index is 0.121. The first kappa shape index (κ1) is 33.3. The first-order valence-corrected chi connectivity index (χ1v) is 20.5. The van der Waals surface area contributed by atoms with E-state index in [1.807, 2.05) is 0 Å². The zero-order valence-electron chi connectivity index (χ0n) is 33.2. The molecule has 0 aromatic heterocycles. The van der Waals surface area contributed by atoms with Crippen molar-refractivity contribution in [2.75, 3.05) is 9.80 Å². The fraction of sp³-hybridized carbons (Fsp3) is 0.107. The van der Waals surface area contributed by atoms with Gasteiger partial charge in [0, 0.05) is 44.4 Å². The largest absolute Gasteiger partial charge is 0.310 e. The van der Waals surface area contributed by atoms with E-state index in [0.29, 0.717) is 0 Å².